The highest BCUT2D eigenvalue weighted by atomic mass is 16.1. The zero-order valence-corrected chi connectivity index (χ0v) is 18.4. The average molecular weight is 434 g/mol. The molecule has 3 aromatic heterocycles. The van der Waals surface area contributed by atoms with E-state index in [4.69, 9.17) is 0 Å². The Balaban J connectivity index is 1.40. The number of nitrogens with one attached hydrogen (secondary N) is 1. The second kappa shape index (κ2) is 9.09. The molecular formula is C27H23N5O. The van der Waals surface area contributed by atoms with E-state index in [1.165, 1.54) is 18.4 Å². The van der Waals surface area contributed by atoms with Gasteiger partial charge < -0.3 is 5.32 Å². The Morgan fingerprint density at radius 2 is 2.00 bits per heavy atom. The molecular weight excluding hydrogens is 410 g/mol. The lowest BCUT2D eigenvalue weighted by molar-refractivity contribution is 0.102. The van der Waals surface area contributed by atoms with Crippen molar-refractivity contribution in [2.45, 2.75) is 32.6 Å². The molecule has 6 nitrogen and oxygen atoms in total. The standard InChI is InChI=1S/C27H23N5O/c1-19-10-11-22(27(33)31-25-9-5-6-14-28-25)15-21(19)12-13-24-18-29-26-16-23(17-30-32(24)26)20-7-3-2-4-8-20/h5-7,9-11,14-18H,2-4,8H2,1H3,(H,28,31,33). The van der Waals surface area contributed by atoms with Gasteiger partial charge in [0.25, 0.3) is 5.91 Å². The molecule has 0 aliphatic heterocycles. The van der Waals surface area contributed by atoms with Crippen molar-refractivity contribution < 1.29 is 4.79 Å². The number of hydrogen-bond donors (Lipinski definition) is 1. The highest BCUT2D eigenvalue weighted by molar-refractivity contribution is 6.04. The van der Waals surface area contributed by atoms with Crippen LogP contribution in [-0.4, -0.2) is 25.5 Å². The summed E-state index contributed by atoms with van der Waals surface area (Å²) in [6.45, 7) is 1.97. The van der Waals surface area contributed by atoms with E-state index >= 15 is 0 Å². The summed E-state index contributed by atoms with van der Waals surface area (Å²) < 4.78 is 1.76. The minimum atomic E-state index is -0.224. The number of fused-ring (bicyclic) bond motifs is 1. The fourth-order valence-electron chi connectivity index (χ4n) is 3.89. The number of carbonyl (C=O) groups is 1. The molecule has 0 spiro atoms. The molecule has 0 saturated carbocycles. The number of allylic oxidation sites excluding steroid dienone is 2. The Morgan fingerprint density at radius 1 is 1.06 bits per heavy atom. The van der Waals surface area contributed by atoms with E-state index in [0.717, 1.165) is 35.2 Å². The quantitative estimate of drug-likeness (QED) is 0.459. The number of aryl methyl sites for hydroxylation is 1. The van der Waals surface area contributed by atoms with Gasteiger partial charge in [0.1, 0.15) is 11.5 Å². The van der Waals surface area contributed by atoms with E-state index in [1.807, 2.05) is 25.3 Å². The second-order valence-electron chi connectivity index (χ2n) is 8.08. The van der Waals surface area contributed by atoms with Gasteiger partial charge in [-0.3, -0.25) is 4.79 Å². The molecule has 6 heteroatoms. The maximum absolute atomic E-state index is 12.6. The topological polar surface area (TPSA) is 72.2 Å². The molecule has 3 heterocycles. The molecule has 0 fully saturated rings. The number of hydrogen-bond acceptors (Lipinski definition) is 4. The summed E-state index contributed by atoms with van der Waals surface area (Å²) in [5.74, 6) is 6.64. The Morgan fingerprint density at radius 3 is 2.82 bits per heavy atom. The summed E-state index contributed by atoms with van der Waals surface area (Å²) in [4.78, 5) is 21.3. The second-order valence-corrected chi connectivity index (χ2v) is 8.08. The normalized spacial score (nSPS) is 13.2. The Bertz CT molecular complexity index is 1420. The van der Waals surface area contributed by atoms with Crippen LogP contribution in [0, 0.1) is 18.8 Å². The summed E-state index contributed by atoms with van der Waals surface area (Å²) in [6, 6.07) is 12.9. The average Bonchev–Trinajstić information content (AvgIpc) is 3.27. The lowest BCUT2D eigenvalue weighted by Gasteiger charge is -2.12. The number of carbonyl (C=O) groups excluding carboxylic acids is 1. The highest BCUT2D eigenvalue weighted by Gasteiger charge is 2.11. The lowest BCUT2D eigenvalue weighted by atomic mass is 9.95. The molecule has 162 valence electrons. The van der Waals surface area contributed by atoms with Crippen molar-refractivity contribution in [1.29, 1.82) is 0 Å². The van der Waals surface area contributed by atoms with Crippen LogP contribution < -0.4 is 5.32 Å². The predicted molar refractivity (Wildman–Crippen MR) is 129 cm³/mol. The van der Waals surface area contributed by atoms with Crippen molar-refractivity contribution in [2.24, 2.45) is 0 Å². The number of imidazole rings is 1. The van der Waals surface area contributed by atoms with Crippen LogP contribution in [0.4, 0.5) is 5.82 Å². The smallest absolute Gasteiger partial charge is 0.256 e. The fourth-order valence-corrected chi connectivity index (χ4v) is 3.89. The summed E-state index contributed by atoms with van der Waals surface area (Å²) in [6.07, 6.45) is 12.3. The molecule has 4 aromatic rings. The van der Waals surface area contributed by atoms with Gasteiger partial charge in [0.15, 0.2) is 5.65 Å². The molecule has 0 unspecified atom stereocenters. The third-order valence-electron chi connectivity index (χ3n) is 5.75. The summed E-state index contributed by atoms with van der Waals surface area (Å²) >= 11 is 0. The van der Waals surface area contributed by atoms with E-state index < -0.39 is 0 Å². The molecule has 0 radical (unpaired) electrons. The van der Waals surface area contributed by atoms with Crippen LogP contribution in [0.5, 0.6) is 0 Å². The van der Waals surface area contributed by atoms with Crippen LogP contribution >= 0.6 is 0 Å². The first-order valence-corrected chi connectivity index (χ1v) is 11.1. The van der Waals surface area contributed by atoms with Crippen molar-refractivity contribution in [2.75, 3.05) is 5.32 Å². The molecule has 1 aliphatic rings. The van der Waals surface area contributed by atoms with E-state index in [9.17, 15) is 4.79 Å². The van der Waals surface area contributed by atoms with Crippen LogP contribution in [0.2, 0.25) is 0 Å². The molecule has 0 atom stereocenters. The van der Waals surface area contributed by atoms with Gasteiger partial charge in [0.05, 0.1) is 12.4 Å². The first-order chi connectivity index (χ1) is 16.2. The zero-order chi connectivity index (χ0) is 22.6. The molecule has 1 aromatic carbocycles. The summed E-state index contributed by atoms with van der Waals surface area (Å²) in [5, 5.41) is 7.39. The molecule has 1 aliphatic carbocycles. The summed E-state index contributed by atoms with van der Waals surface area (Å²) in [7, 11) is 0. The molecule has 33 heavy (non-hydrogen) atoms. The fraction of sp³-hybridized carbons (Fsp3) is 0.185. The van der Waals surface area contributed by atoms with E-state index in [0.29, 0.717) is 17.1 Å². The maximum atomic E-state index is 12.6. The van der Waals surface area contributed by atoms with Crippen LogP contribution in [0.1, 0.15) is 58.4 Å². The SMILES string of the molecule is Cc1ccc(C(=O)Nc2ccccn2)cc1C#Cc1cnc2cc(C3=CCCCC3)cnn12. The van der Waals surface area contributed by atoms with Gasteiger partial charge in [-0.1, -0.05) is 24.1 Å². The van der Waals surface area contributed by atoms with Gasteiger partial charge in [-0.15, -0.1) is 0 Å². The number of nitrogens with zero attached hydrogens (tertiary/aromatic N) is 4. The van der Waals surface area contributed by atoms with Gasteiger partial charge >= 0.3 is 0 Å². The van der Waals surface area contributed by atoms with Gasteiger partial charge in [0, 0.05) is 22.9 Å². The van der Waals surface area contributed by atoms with Gasteiger partial charge in [0.2, 0.25) is 0 Å². The molecule has 1 N–H and O–H groups in total. The highest BCUT2D eigenvalue weighted by Crippen LogP contribution is 2.26. The third-order valence-corrected chi connectivity index (χ3v) is 5.75. The van der Waals surface area contributed by atoms with Crippen molar-refractivity contribution in [3.05, 3.63) is 95.1 Å². The third kappa shape index (κ3) is 4.53. The lowest BCUT2D eigenvalue weighted by Crippen LogP contribution is -2.13. The van der Waals surface area contributed by atoms with Crippen LogP contribution in [-0.2, 0) is 0 Å². The van der Waals surface area contributed by atoms with E-state index in [2.05, 4.69) is 44.4 Å². The van der Waals surface area contributed by atoms with Gasteiger partial charge in [-0.05, 0) is 80.0 Å². The monoisotopic (exact) mass is 433 g/mol. The Labute approximate surface area is 192 Å². The van der Waals surface area contributed by atoms with Gasteiger partial charge in [-0.2, -0.15) is 5.10 Å². The molecule has 0 saturated heterocycles. The Hall–Kier alpha value is -4.24. The zero-order valence-electron chi connectivity index (χ0n) is 18.4. The van der Waals surface area contributed by atoms with Crippen molar-refractivity contribution in [3.8, 4) is 11.8 Å². The first kappa shape index (κ1) is 20.7. The van der Waals surface area contributed by atoms with Crippen LogP contribution in [0.25, 0.3) is 11.2 Å². The number of pyridine rings is 1. The largest absolute Gasteiger partial charge is 0.307 e. The number of rotatable bonds is 3. The predicted octanol–water partition coefficient (Wildman–Crippen LogP) is 5.04. The number of amides is 1. The van der Waals surface area contributed by atoms with Crippen molar-refractivity contribution in [1.82, 2.24) is 19.6 Å². The van der Waals surface area contributed by atoms with Crippen LogP contribution in [0.15, 0.2) is 67.1 Å². The summed E-state index contributed by atoms with van der Waals surface area (Å²) in [5.41, 5.74) is 6.27. The minimum absolute atomic E-state index is 0.224. The number of benzene rings is 1. The molecule has 5 rings (SSSR count). The number of aromatic nitrogens is 4. The van der Waals surface area contributed by atoms with E-state index in [-0.39, 0.29) is 5.91 Å². The van der Waals surface area contributed by atoms with E-state index in [1.54, 1.807) is 41.2 Å². The van der Waals surface area contributed by atoms with Crippen molar-refractivity contribution >= 4 is 22.9 Å². The molecule has 0 bridgehead atoms. The maximum Gasteiger partial charge on any atom is 0.256 e. The van der Waals surface area contributed by atoms with Crippen molar-refractivity contribution in [3.63, 3.8) is 0 Å². The van der Waals surface area contributed by atoms with Gasteiger partial charge in [-0.25, -0.2) is 14.5 Å². The van der Waals surface area contributed by atoms with Crippen LogP contribution in [0.3, 0.4) is 0 Å². The molecule has 1 amide bonds. The first-order valence-electron chi connectivity index (χ1n) is 11.1. The number of anilines is 1. The minimum Gasteiger partial charge on any atom is -0.307 e. The Kier molecular flexibility index (Phi) is 5.69.